The van der Waals surface area contributed by atoms with E-state index in [1.165, 1.54) is 0 Å². The second kappa shape index (κ2) is 5.86. The average molecular weight is 275 g/mol. The van der Waals surface area contributed by atoms with Crippen LogP contribution in [0.2, 0.25) is 0 Å². The first-order valence-electron chi connectivity index (χ1n) is 6.69. The first kappa shape index (κ1) is 14.2. The third-order valence-corrected chi connectivity index (χ3v) is 3.21. The molecule has 2 N–H and O–H groups in total. The molecule has 20 heavy (non-hydrogen) atoms. The van der Waals surface area contributed by atoms with E-state index in [9.17, 15) is 5.11 Å². The number of methoxy groups -OCH3 is 1. The van der Waals surface area contributed by atoms with E-state index < -0.39 is 0 Å². The fourth-order valence-electron chi connectivity index (χ4n) is 2.03. The lowest BCUT2D eigenvalue weighted by Crippen LogP contribution is -2.07. The van der Waals surface area contributed by atoms with Crippen LogP contribution in [0.15, 0.2) is 30.6 Å². The van der Waals surface area contributed by atoms with E-state index in [0.29, 0.717) is 6.04 Å². The van der Waals surface area contributed by atoms with Crippen molar-refractivity contribution in [2.24, 2.45) is 0 Å². The summed E-state index contributed by atoms with van der Waals surface area (Å²) in [7, 11) is 1.61. The minimum atomic E-state index is -0.0464. The van der Waals surface area contributed by atoms with Gasteiger partial charge in [0.25, 0.3) is 0 Å². The molecule has 108 valence electrons. The Labute approximate surface area is 119 Å². The maximum atomic E-state index is 9.96. The quantitative estimate of drug-likeness (QED) is 0.878. The molecule has 1 atom stereocenters. The van der Waals surface area contributed by atoms with Crippen molar-refractivity contribution in [2.45, 2.75) is 32.9 Å². The zero-order valence-corrected chi connectivity index (χ0v) is 12.3. The van der Waals surface area contributed by atoms with Crippen molar-refractivity contribution >= 4 is 5.69 Å². The van der Waals surface area contributed by atoms with Crippen LogP contribution in [0.1, 0.15) is 38.4 Å². The highest BCUT2D eigenvalue weighted by Gasteiger charge is 2.12. The summed E-state index contributed by atoms with van der Waals surface area (Å²) in [6.45, 7) is 6.14. The van der Waals surface area contributed by atoms with Gasteiger partial charge in [0, 0.05) is 17.8 Å². The zero-order valence-electron chi connectivity index (χ0n) is 12.3. The Morgan fingerprint density at radius 2 is 2.05 bits per heavy atom. The van der Waals surface area contributed by atoms with E-state index >= 15 is 0 Å². The Bertz CT molecular complexity index is 578. The first-order chi connectivity index (χ1) is 9.51. The van der Waals surface area contributed by atoms with Gasteiger partial charge >= 0.3 is 0 Å². The molecule has 0 aliphatic heterocycles. The maximum absolute atomic E-state index is 9.96. The molecule has 1 aromatic carbocycles. The van der Waals surface area contributed by atoms with E-state index in [2.05, 4.69) is 24.3 Å². The lowest BCUT2D eigenvalue weighted by atomic mass is 10.1. The number of ether oxygens (including phenoxy) is 1. The molecule has 1 unspecified atom stereocenters. The number of hydrogen-bond donors (Lipinski definition) is 2. The largest absolute Gasteiger partial charge is 0.508 e. The SMILES string of the molecule is COc1ccc(O)c(C(C)Nc2cnn(C(C)C)c2)c1. The molecule has 2 rings (SSSR count). The van der Waals surface area contributed by atoms with Crippen LogP contribution >= 0.6 is 0 Å². The lowest BCUT2D eigenvalue weighted by Gasteiger charge is -2.16. The van der Waals surface area contributed by atoms with Crippen LogP contribution in [0.25, 0.3) is 0 Å². The van der Waals surface area contributed by atoms with Crippen LogP contribution in [-0.2, 0) is 0 Å². The number of nitrogens with zero attached hydrogens (tertiary/aromatic N) is 2. The fourth-order valence-corrected chi connectivity index (χ4v) is 2.03. The number of phenols is 1. The van der Waals surface area contributed by atoms with Crippen LogP contribution in [-0.4, -0.2) is 22.0 Å². The first-order valence-corrected chi connectivity index (χ1v) is 6.69. The summed E-state index contributed by atoms with van der Waals surface area (Å²) in [5.41, 5.74) is 1.72. The number of benzene rings is 1. The summed E-state index contributed by atoms with van der Waals surface area (Å²) in [5, 5.41) is 17.6. The van der Waals surface area contributed by atoms with Gasteiger partial charge in [0.05, 0.1) is 25.0 Å². The predicted molar refractivity (Wildman–Crippen MR) is 79.3 cm³/mol. The molecule has 0 radical (unpaired) electrons. The molecule has 0 bridgehead atoms. The highest BCUT2D eigenvalue weighted by atomic mass is 16.5. The van der Waals surface area contributed by atoms with Crippen LogP contribution in [0.5, 0.6) is 11.5 Å². The lowest BCUT2D eigenvalue weighted by molar-refractivity contribution is 0.410. The van der Waals surface area contributed by atoms with Gasteiger partial charge in [-0.2, -0.15) is 5.10 Å². The molecule has 5 nitrogen and oxygen atoms in total. The van der Waals surface area contributed by atoms with Crippen molar-refractivity contribution in [2.75, 3.05) is 12.4 Å². The molecule has 1 heterocycles. The van der Waals surface area contributed by atoms with Crippen LogP contribution in [0, 0.1) is 0 Å². The summed E-state index contributed by atoms with van der Waals surface area (Å²) in [4.78, 5) is 0. The maximum Gasteiger partial charge on any atom is 0.121 e. The molecule has 1 aromatic heterocycles. The van der Waals surface area contributed by atoms with Crippen molar-refractivity contribution in [3.8, 4) is 11.5 Å². The molecule has 0 fully saturated rings. The fraction of sp³-hybridized carbons (Fsp3) is 0.400. The molecule has 0 saturated carbocycles. The molecule has 5 heteroatoms. The van der Waals surface area contributed by atoms with E-state index in [4.69, 9.17) is 4.74 Å². The number of hydrogen-bond acceptors (Lipinski definition) is 4. The van der Waals surface area contributed by atoms with Gasteiger partial charge in [-0.05, 0) is 39.0 Å². The van der Waals surface area contributed by atoms with E-state index in [0.717, 1.165) is 17.0 Å². The van der Waals surface area contributed by atoms with E-state index in [1.807, 2.05) is 23.9 Å². The van der Waals surface area contributed by atoms with E-state index in [1.54, 1.807) is 25.4 Å². The second-order valence-electron chi connectivity index (χ2n) is 5.09. The number of nitrogens with one attached hydrogen (secondary N) is 1. The zero-order chi connectivity index (χ0) is 14.7. The minimum absolute atomic E-state index is 0.0464. The summed E-state index contributed by atoms with van der Waals surface area (Å²) in [5.74, 6) is 0.978. The van der Waals surface area contributed by atoms with Crippen molar-refractivity contribution in [3.63, 3.8) is 0 Å². The van der Waals surface area contributed by atoms with Gasteiger partial charge < -0.3 is 15.2 Å². The van der Waals surface area contributed by atoms with Gasteiger partial charge in [-0.15, -0.1) is 0 Å². The van der Waals surface area contributed by atoms with Crippen molar-refractivity contribution < 1.29 is 9.84 Å². The molecule has 0 spiro atoms. The Morgan fingerprint density at radius 1 is 1.30 bits per heavy atom. The molecular formula is C15H21N3O2. The Hall–Kier alpha value is -2.17. The standard InChI is InChI=1S/C15H21N3O2/c1-10(2)18-9-12(8-16-18)17-11(3)14-7-13(20-4)5-6-15(14)19/h5-11,17,19H,1-4H3. The Kier molecular flexibility index (Phi) is 4.17. The molecule has 0 aliphatic carbocycles. The average Bonchev–Trinajstić information content (AvgIpc) is 2.88. The number of aromatic hydroxyl groups is 1. The Balaban J connectivity index is 2.16. The highest BCUT2D eigenvalue weighted by molar-refractivity contribution is 5.47. The molecule has 0 saturated heterocycles. The van der Waals surface area contributed by atoms with Crippen molar-refractivity contribution in [1.82, 2.24) is 9.78 Å². The summed E-state index contributed by atoms with van der Waals surface area (Å²) < 4.78 is 7.08. The second-order valence-corrected chi connectivity index (χ2v) is 5.09. The van der Waals surface area contributed by atoms with Crippen LogP contribution in [0.4, 0.5) is 5.69 Å². The molecule has 0 amide bonds. The smallest absolute Gasteiger partial charge is 0.121 e. The monoisotopic (exact) mass is 275 g/mol. The van der Waals surface area contributed by atoms with Gasteiger partial charge in [-0.25, -0.2) is 0 Å². The van der Waals surface area contributed by atoms with Gasteiger partial charge in [0.15, 0.2) is 0 Å². The van der Waals surface area contributed by atoms with Crippen molar-refractivity contribution in [3.05, 3.63) is 36.2 Å². The minimum Gasteiger partial charge on any atom is -0.508 e. The predicted octanol–water partition coefficient (Wildman–Crippen LogP) is 3.35. The van der Waals surface area contributed by atoms with Gasteiger partial charge in [-0.3, -0.25) is 4.68 Å². The normalized spacial score (nSPS) is 12.4. The Morgan fingerprint density at radius 3 is 2.65 bits per heavy atom. The van der Waals surface area contributed by atoms with Crippen molar-refractivity contribution in [1.29, 1.82) is 0 Å². The summed E-state index contributed by atoms with van der Waals surface area (Å²) in [6.07, 6.45) is 3.74. The number of phenolic OH excluding ortho intramolecular Hbond substituents is 1. The highest BCUT2D eigenvalue weighted by Crippen LogP contribution is 2.30. The summed E-state index contributed by atoms with van der Waals surface area (Å²) in [6, 6.07) is 5.49. The van der Waals surface area contributed by atoms with Crippen LogP contribution in [0.3, 0.4) is 0 Å². The molecule has 2 aromatic rings. The number of aromatic nitrogens is 2. The van der Waals surface area contributed by atoms with Crippen LogP contribution < -0.4 is 10.1 Å². The topological polar surface area (TPSA) is 59.3 Å². The number of rotatable bonds is 5. The molecule has 0 aliphatic rings. The van der Waals surface area contributed by atoms with Gasteiger partial charge in [0.2, 0.25) is 0 Å². The van der Waals surface area contributed by atoms with Gasteiger partial charge in [0.1, 0.15) is 11.5 Å². The van der Waals surface area contributed by atoms with Gasteiger partial charge in [-0.1, -0.05) is 0 Å². The van der Waals surface area contributed by atoms with E-state index in [-0.39, 0.29) is 11.8 Å². The third kappa shape index (κ3) is 3.04. The molecular weight excluding hydrogens is 254 g/mol. The number of anilines is 1. The third-order valence-electron chi connectivity index (χ3n) is 3.21. The summed E-state index contributed by atoms with van der Waals surface area (Å²) >= 11 is 0.